The van der Waals surface area contributed by atoms with Crippen molar-refractivity contribution in [1.29, 1.82) is 0 Å². The summed E-state index contributed by atoms with van der Waals surface area (Å²) in [6.45, 7) is 9.10. The smallest absolute Gasteiger partial charge is 0.0749 e. The summed E-state index contributed by atoms with van der Waals surface area (Å²) in [5, 5.41) is 0. The van der Waals surface area contributed by atoms with Gasteiger partial charge in [0.05, 0.1) is 9.71 Å². The van der Waals surface area contributed by atoms with Gasteiger partial charge in [-0.1, -0.05) is 31.4 Å². The topological polar surface area (TPSA) is 20.3 Å². The van der Waals surface area contributed by atoms with E-state index in [1.54, 1.807) is 41.9 Å². The van der Waals surface area contributed by atoms with Gasteiger partial charge in [0.15, 0.2) is 0 Å². The molecule has 1 unspecified atom stereocenters. The highest BCUT2D eigenvalue weighted by atomic mass is 32.2. The van der Waals surface area contributed by atoms with Crippen molar-refractivity contribution in [2.45, 2.75) is 6.92 Å². The summed E-state index contributed by atoms with van der Waals surface area (Å²) in [6, 6.07) is 0. The Morgan fingerprint density at radius 3 is 2.50 bits per heavy atom. The van der Waals surface area contributed by atoms with Gasteiger partial charge < -0.3 is 4.31 Å². The van der Waals surface area contributed by atoms with Crippen LogP contribution in [0.15, 0.2) is 48.6 Å². The van der Waals surface area contributed by atoms with Crippen LogP contribution in [-0.2, 0) is 9.71 Å². The Labute approximate surface area is 87.1 Å². The molecule has 0 spiro atoms. The van der Waals surface area contributed by atoms with Crippen molar-refractivity contribution in [3.8, 4) is 0 Å². The molecule has 0 saturated carbocycles. The molecule has 0 N–H and O–H groups in total. The first-order valence-electron chi connectivity index (χ1n) is 4.18. The van der Waals surface area contributed by atoms with Gasteiger partial charge in [0.25, 0.3) is 0 Å². The van der Waals surface area contributed by atoms with Crippen molar-refractivity contribution >= 4 is 15.6 Å². The third kappa shape index (κ3) is 3.26. The third-order valence-corrected chi connectivity index (χ3v) is 3.66. The summed E-state index contributed by atoms with van der Waals surface area (Å²) < 4.78 is 13.6. The van der Waals surface area contributed by atoms with Crippen molar-refractivity contribution in [2.75, 3.05) is 7.05 Å². The first kappa shape index (κ1) is 12.8. The maximum absolute atomic E-state index is 12.1. The molecule has 14 heavy (non-hydrogen) atoms. The molecule has 0 aliphatic heterocycles. The van der Waals surface area contributed by atoms with E-state index in [-0.39, 0.29) is 0 Å². The van der Waals surface area contributed by atoms with Gasteiger partial charge in [-0.3, -0.25) is 0 Å². The molecule has 1 atom stereocenters. The molecule has 0 heterocycles. The molecule has 0 aromatic carbocycles. The molecule has 0 saturated heterocycles. The molecule has 2 nitrogen and oxygen atoms in total. The molecule has 0 radical (unpaired) electrons. The fraction of sp³-hybridized carbons (Fsp3) is 0.182. The van der Waals surface area contributed by atoms with Crippen molar-refractivity contribution in [1.82, 2.24) is 4.31 Å². The van der Waals surface area contributed by atoms with E-state index in [1.165, 1.54) is 0 Å². The van der Waals surface area contributed by atoms with E-state index < -0.39 is 9.71 Å². The lowest BCUT2D eigenvalue weighted by molar-refractivity contribution is 0.632. The van der Waals surface area contributed by atoms with Crippen LogP contribution in [0, 0.1) is 0 Å². The van der Waals surface area contributed by atoms with E-state index in [0.717, 1.165) is 0 Å². The zero-order valence-electron chi connectivity index (χ0n) is 8.77. The van der Waals surface area contributed by atoms with Gasteiger partial charge in [-0.2, -0.15) is 0 Å². The minimum Gasteiger partial charge on any atom is -0.306 e. The van der Waals surface area contributed by atoms with Crippen LogP contribution in [0.5, 0.6) is 0 Å². The molecule has 0 fully saturated rings. The van der Waals surface area contributed by atoms with Crippen LogP contribution >= 0.6 is 0 Å². The average Bonchev–Trinajstić information content (AvgIpc) is 2.14. The van der Waals surface area contributed by atoms with Gasteiger partial charge in [0.2, 0.25) is 0 Å². The Morgan fingerprint density at radius 2 is 2.07 bits per heavy atom. The van der Waals surface area contributed by atoms with E-state index in [2.05, 4.69) is 19.0 Å². The van der Waals surface area contributed by atoms with Gasteiger partial charge in [0.1, 0.15) is 0 Å². The summed E-state index contributed by atoms with van der Waals surface area (Å²) in [5.74, 6) is 3.66. The summed E-state index contributed by atoms with van der Waals surface area (Å²) >= 11 is 0. The second-order valence-electron chi connectivity index (χ2n) is 2.73. The van der Waals surface area contributed by atoms with Crippen molar-refractivity contribution in [3.63, 3.8) is 0 Å². The third-order valence-electron chi connectivity index (χ3n) is 1.65. The molecule has 3 heteroatoms. The molecule has 0 bridgehead atoms. The minimum absolute atomic E-state index is 0.484. The highest BCUT2D eigenvalue weighted by Crippen LogP contribution is 2.11. The van der Waals surface area contributed by atoms with E-state index in [4.69, 9.17) is 0 Å². The van der Waals surface area contributed by atoms with Gasteiger partial charge in [0, 0.05) is 18.2 Å². The number of hydrogen-bond donors (Lipinski definition) is 0. The first-order valence-corrected chi connectivity index (χ1v) is 5.86. The normalized spacial score (nSPS) is 15.6. The number of allylic oxidation sites excluding steroid dienone is 4. The molecule has 0 aliphatic rings. The summed E-state index contributed by atoms with van der Waals surface area (Å²) in [5.41, 5.74) is 0. The number of hydrogen-bond acceptors (Lipinski definition) is 1. The van der Waals surface area contributed by atoms with Crippen LogP contribution in [0.3, 0.4) is 0 Å². The standard InChI is InChI=1S/C11H17NOS/c1-6-8-9-11(3)14(5,13)12(4)10-7-2/h6-10H,1,3,5H2,2,4H3. The monoisotopic (exact) mass is 211 g/mol. The Hall–Kier alpha value is -1.22. The second-order valence-corrected chi connectivity index (χ2v) is 5.11. The Balaban J connectivity index is 4.88. The molecular formula is C11H17NOS. The number of rotatable bonds is 5. The fourth-order valence-corrected chi connectivity index (χ4v) is 1.75. The molecule has 0 aliphatic carbocycles. The predicted octanol–water partition coefficient (Wildman–Crippen LogP) is 2.34. The largest absolute Gasteiger partial charge is 0.306 e. The summed E-state index contributed by atoms with van der Waals surface area (Å²) in [4.78, 5) is 0.484. The zero-order valence-corrected chi connectivity index (χ0v) is 9.59. The van der Waals surface area contributed by atoms with Crippen LogP contribution in [0.25, 0.3) is 0 Å². The quantitative estimate of drug-likeness (QED) is 0.505. The SMILES string of the molecule is C=CC=CC(=C)S(=C)(=O)N(C)C=CC. The zero-order chi connectivity index (χ0) is 11.2. The van der Waals surface area contributed by atoms with Crippen molar-refractivity contribution < 1.29 is 4.21 Å². The lowest BCUT2D eigenvalue weighted by Gasteiger charge is -2.19. The van der Waals surface area contributed by atoms with Crippen molar-refractivity contribution in [3.05, 3.63) is 48.6 Å². The van der Waals surface area contributed by atoms with Crippen LogP contribution < -0.4 is 0 Å². The molecule has 0 aromatic rings. The molecule has 0 rings (SSSR count). The van der Waals surface area contributed by atoms with Crippen LogP contribution in [0.1, 0.15) is 6.92 Å². The predicted molar refractivity (Wildman–Crippen MR) is 66.3 cm³/mol. The van der Waals surface area contributed by atoms with Crippen LogP contribution in [-0.4, -0.2) is 21.4 Å². The summed E-state index contributed by atoms with van der Waals surface area (Å²) in [7, 11) is -0.745. The first-order chi connectivity index (χ1) is 6.46. The lowest BCUT2D eigenvalue weighted by Crippen LogP contribution is -2.21. The van der Waals surface area contributed by atoms with E-state index >= 15 is 0 Å². The van der Waals surface area contributed by atoms with Gasteiger partial charge in [-0.05, 0) is 18.9 Å². The minimum atomic E-state index is -2.46. The van der Waals surface area contributed by atoms with E-state index in [9.17, 15) is 4.21 Å². The fourth-order valence-electron chi connectivity index (χ4n) is 0.775. The Morgan fingerprint density at radius 1 is 1.50 bits per heavy atom. The van der Waals surface area contributed by atoms with Gasteiger partial charge >= 0.3 is 0 Å². The molecule has 0 amide bonds. The average molecular weight is 211 g/mol. The highest BCUT2D eigenvalue weighted by molar-refractivity contribution is 8.02. The summed E-state index contributed by atoms with van der Waals surface area (Å²) in [6.07, 6.45) is 8.47. The lowest BCUT2D eigenvalue weighted by atomic mass is 10.5. The van der Waals surface area contributed by atoms with Crippen LogP contribution in [0.4, 0.5) is 0 Å². The number of nitrogens with zero attached hydrogens (tertiary/aromatic N) is 1. The molecular weight excluding hydrogens is 194 g/mol. The highest BCUT2D eigenvalue weighted by Gasteiger charge is 2.08. The Bertz CT molecular complexity index is 361. The second kappa shape index (κ2) is 5.50. The molecule has 78 valence electrons. The van der Waals surface area contributed by atoms with Crippen molar-refractivity contribution in [2.24, 2.45) is 0 Å². The van der Waals surface area contributed by atoms with Crippen LogP contribution in [0.2, 0.25) is 0 Å². The van der Waals surface area contributed by atoms with Gasteiger partial charge in [-0.25, -0.2) is 4.21 Å². The van der Waals surface area contributed by atoms with E-state index in [1.807, 2.05) is 6.92 Å². The molecule has 0 aromatic heterocycles. The Kier molecular flexibility index (Phi) is 5.02. The maximum atomic E-state index is 12.1. The van der Waals surface area contributed by atoms with Gasteiger partial charge in [-0.15, -0.1) is 0 Å². The maximum Gasteiger partial charge on any atom is 0.0749 e. The van der Waals surface area contributed by atoms with E-state index in [0.29, 0.717) is 4.91 Å².